The molecule has 0 saturated carbocycles. The molecule has 11 heteroatoms. The number of rotatable bonds is 6. The molecule has 0 spiro atoms. The second-order valence-electron chi connectivity index (χ2n) is 8.62. The molecule has 0 fully saturated rings. The number of aliphatic hydroxyl groups is 1. The highest BCUT2D eigenvalue weighted by molar-refractivity contribution is 7.98. The molecule has 2 heterocycles. The summed E-state index contributed by atoms with van der Waals surface area (Å²) in [5.41, 5.74) is 2.58. The molecule has 0 radical (unpaired) electrons. The summed E-state index contributed by atoms with van der Waals surface area (Å²) in [6, 6.07) is 9.83. The normalized spacial score (nSPS) is 16.4. The molecule has 3 aromatic rings. The number of hydrogen-bond acceptors (Lipinski definition) is 5. The van der Waals surface area contributed by atoms with Crippen molar-refractivity contribution in [1.82, 2.24) is 14.7 Å². The van der Waals surface area contributed by atoms with Crippen molar-refractivity contribution >= 4 is 40.8 Å². The first-order valence-electron chi connectivity index (χ1n) is 10.9. The van der Waals surface area contributed by atoms with Gasteiger partial charge in [0.1, 0.15) is 16.5 Å². The standard InChI is InChI=1S/C24H25Cl2F3N4OS/c1-31(2)23-18(12-32-11-15-7-5-4-6-14(15)8-17(32)13-34)22(35-3)30-33(23)21-19(25)9-16(10-20(21)26)24(27,28)29/h4-7,9-10,17,34H,8,11-13H2,1-3H3. The van der Waals surface area contributed by atoms with E-state index in [0.29, 0.717) is 23.9 Å². The third kappa shape index (κ3) is 5.15. The van der Waals surface area contributed by atoms with Crippen molar-refractivity contribution in [2.24, 2.45) is 0 Å². The number of thioether (sulfide) groups is 1. The van der Waals surface area contributed by atoms with Gasteiger partial charge in [0.15, 0.2) is 0 Å². The van der Waals surface area contributed by atoms with Crippen LogP contribution in [0.1, 0.15) is 22.3 Å². The number of hydrogen-bond donors (Lipinski definition) is 1. The summed E-state index contributed by atoms with van der Waals surface area (Å²) in [6.45, 7) is 1.15. The summed E-state index contributed by atoms with van der Waals surface area (Å²) in [6.07, 6.45) is -1.95. The van der Waals surface area contributed by atoms with Crippen LogP contribution in [0.3, 0.4) is 0 Å². The van der Waals surface area contributed by atoms with Gasteiger partial charge in [0.05, 0.1) is 22.2 Å². The summed E-state index contributed by atoms with van der Waals surface area (Å²) in [5.74, 6) is 0.661. The summed E-state index contributed by atoms with van der Waals surface area (Å²) < 4.78 is 41.3. The van der Waals surface area contributed by atoms with E-state index >= 15 is 0 Å². The Labute approximate surface area is 216 Å². The molecule has 4 rings (SSSR count). The Hall–Kier alpha value is -1.91. The Morgan fingerprint density at radius 1 is 1.14 bits per heavy atom. The van der Waals surface area contributed by atoms with Crippen LogP contribution < -0.4 is 4.90 Å². The molecule has 0 saturated heterocycles. The lowest BCUT2D eigenvalue weighted by Crippen LogP contribution is -2.42. The highest BCUT2D eigenvalue weighted by Gasteiger charge is 2.34. The smallest absolute Gasteiger partial charge is 0.395 e. The van der Waals surface area contributed by atoms with E-state index in [0.717, 1.165) is 24.1 Å². The van der Waals surface area contributed by atoms with Crippen LogP contribution in [0, 0.1) is 0 Å². The van der Waals surface area contributed by atoms with Gasteiger partial charge in [-0.3, -0.25) is 4.90 Å². The SMILES string of the molecule is CSc1nn(-c2c(Cl)cc(C(F)(F)F)cc2Cl)c(N(C)C)c1CN1Cc2ccccc2CC1CO. The average Bonchev–Trinajstić information content (AvgIpc) is 3.15. The molecule has 1 N–H and O–H groups in total. The number of fused-ring (bicyclic) bond motifs is 1. The van der Waals surface area contributed by atoms with Gasteiger partial charge in [-0.25, -0.2) is 4.68 Å². The van der Waals surface area contributed by atoms with E-state index in [4.69, 9.17) is 28.3 Å². The van der Waals surface area contributed by atoms with E-state index in [1.54, 1.807) is 0 Å². The lowest BCUT2D eigenvalue weighted by Gasteiger charge is -2.36. The minimum absolute atomic E-state index is 0.00489. The van der Waals surface area contributed by atoms with Crippen molar-refractivity contribution in [3.63, 3.8) is 0 Å². The molecule has 188 valence electrons. The van der Waals surface area contributed by atoms with E-state index in [-0.39, 0.29) is 28.4 Å². The minimum Gasteiger partial charge on any atom is -0.395 e. The Morgan fingerprint density at radius 2 is 1.77 bits per heavy atom. The summed E-state index contributed by atoms with van der Waals surface area (Å²) in [4.78, 5) is 4.05. The van der Waals surface area contributed by atoms with Crippen molar-refractivity contribution in [2.75, 3.05) is 31.9 Å². The number of benzene rings is 2. The third-order valence-electron chi connectivity index (χ3n) is 6.13. The number of anilines is 1. The summed E-state index contributed by atoms with van der Waals surface area (Å²) >= 11 is 14.1. The fraction of sp³-hybridized carbons (Fsp3) is 0.375. The second kappa shape index (κ2) is 10.2. The lowest BCUT2D eigenvalue weighted by molar-refractivity contribution is -0.137. The maximum absolute atomic E-state index is 13.3. The Bertz CT molecular complexity index is 1210. The van der Waals surface area contributed by atoms with Gasteiger partial charge >= 0.3 is 6.18 Å². The van der Waals surface area contributed by atoms with Gasteiger partial charge in [-0.1, -0.05) is 47.5 Å². The monoisotopic (exact) mass is 544 g/mol. The number of aliphatic hydroxyl groups excluding tert-OH is 1. The van der Waals surface area contributed by atoms with Gasteiger partial charge in [0.25, 0.3) is 0 Å². The Kier molecular flexibility index (Phi) is 7.64. The molecule has 2 aromatic carbocycles. The molecular formula is C24H25Cl2F3N4OS. The number of aromatic nitrogens is 2. The average molecular weight is 545 g/mol. The summed E-state index contributed by atoms with van der Waals surface area (Å²) in [7, 11) is 3.67. The molecule has 1 aliphatic heterocycles. The van der Waals surface area contributed by atoms with E-state index < -0.39 is 11.7 Å². The van der Waals surface area contributed by atoms with Gasteiger partial charge in [0.2, 0.25) is 0 Å². The van der Waals surface area contributed by atoms with Crippen LogP contribution in [0.25, 0.3) is 5.69 Å². The van der Waals surface area contributed by atoms with Crippen LogP contribution >= 0.6 is 35.0 Å². The predicted molar refractivity (Wildman–Crippen MR) is 135 cm³/mol. The highest BCUT2D eigenvalue weighted by atomic mass is 35.5. The van der Waals surface area contributed by atoms with Crippen LogP contribution in [0.2, 0.25) is 10.0 Å². The lowest BCUT2D eigenvalue weighted by atomic mass is 9.94. The molecule has 1 atom stereocenters. The molecule has 1 unspecified atom stereocenters. The van der Waals surface area contributed by atoms with Crippen molar-refractivity contribution in [1.29, 1.82) is 0 Å². The Balaban J connectivity index is 1.80. The van der Waals surface area contributed by atoms with Crippen LogP contribution in [0.5, 0.6) is 0 Å². The first-order valence-corrected chi connectivity index (χ1v) is 12.8. The van der Waals surface area contributed by atoms with Gasteiger partial charge < -0.3 is 10.0 Å². The van der Waals surface area contributed by atoms with Gasteiger partial charge in [-0.05, 0) is 35.9 Å². The quantitative estimate of drug-likeness (QED) is 0.391. The van der Waals surface area contributed by atoms with Gasteiger partial charge in [-0.2, -0.15) is 18.3 Å². The maximum atomic E-state index is 13.3. The Morgan fingerprint density at radius 3 is 2.31 bits per heavy atom. The fourth-order valence-corrected chi connectivity index (χ4v) is 5.69. The fourth-order valence-electron chi connectivity index (χ4n) is 4.48. The van der Waals surface area contributed by atoms with E-state index in [1.807, 2.05) is 37.4 Å². The molecule has 35 heavy (non-hydrogen) atoms. The maximum Gasteiger partial charge on any atom is 0.416 e. The molecule has 0 bridgehead atoms. The van der Waals surface area contributed by atoms with Crippen molar-refractivity contribution in [2.45, 2.75) is 36.8 Å². The number of alkyl halides is 3. The van der Waals surface area contributed by atoms with Crippen LogP contribution in [-0.2, 0) is 25.7 Å². The largest absolute Gasteiger partial charge is 0.416 e. The first-order chi connectivity index (χ1) is 16.5. The molecule has 1 aliphatic rings. The van der Waals surface area contributed by atoms with Gasteiger partial charge in [-0.15, -0.1) is 11.8 Å². The topological polar surface area (TPSA) is 44.5 Å². The van der Waals surface area contributed by atoms with Crippen LogP contribution in [0.4, 0.5) is 19.0 Å². The van der Waals surface area contributed by atoms with E-state index in [2.05, 4.69) is 17.0 Å². The van der Waals surface area contributed by atoms with Gasteiger partial charge in [0, 0.05) is 38.8 Å². The zero-order valence-corrected chi connectivity index (χ0v) is 21.7. The highest BCUT2D eigenvalue weighted by Crippen LogP contribution is 2.41. The molecular weight excluding hydrogens is 520 g/mol. The van der Waals surface area contributed by atoms with Crippen molar-refractivity contribution < 1.29 is 18.3 Å². The molecule has 0 aliphatic carbocycles. The second-order valence-corrected chi connectivity index (χ2v) is 10.2. The minimum atomic E-state index is -4.57. The number of nitrogens with zero attached hydrogens (tertiary/aromatic N) is 4. The van der Waals surface area contributed by atoms with Crippen LogP contribution in [0.15, 0.2) is 41.4 Å². The zero-order chi connectivity index (χ0) is 25.5. The predicted octanol–water partition coefficient (Wildman–Crippen LogP) is 5.91. The van der Waals surface area contributed by atoms with Crippen molar-refractivity contribution in [3.05, 3.63) is 68.7 Å². The van der Waals surface area contributed by atoms with E-state index in [1.165, 1.54) is 27.6 Å². The molecule has 1 aromatic heterocycles. The van der Waals surface area contributed by atoms with Crippen LogP contribution in [-0.4, -0.2) is 52.8 Å². The number of halogens is 5. The summed E-state index contributed by atoms with van der Waals surface area (Å²) in [5, 5.41) is 15.2. The zero-order valence-electron chi connectivity index (χ0n) is 19.4. The van der Waals surface area contributed by atoms with E-state index in [9.17, 15) is 18.3 Å². The first kappa shape index (κ1) is 26.2. The van der Waals surface area contributed by atoms with Crippen molar-refractivity contribution in [3.8, 4) is 5.69 Å². The third-order valence-corrected chi connectivity index (χ3v) is 7.42. The molecule has 0 amide bonds. The molecule has 5 nitrogen and oxygen atoms in total.